The summed E-state index contributed by atoms with van der Waals surface area (Å²) in [5.41, 5.74) is 0. The molecule has 19 heteroatoms. The molecule has 101 heavy (non-hydrogen) atoms. The molecule has 6 atom stereocenters. The van der Waals surface area contributed by atoms with E-state index in [1.54, 1.807) is 0 Å². The summed E-state index contributed by atoms with van der Waals surface area (Å²) in [5.74, 6) is 1.01. The zero-order chi connectivity index (χ0) is 74.6. The number of hydrogen-bond donors (Lipinski definition) is 3. The van der Waals surface area contributed by atoms with E-state index in [0.29, 0.717) is 31.6 Å². The fourth-order valence-corrected chi connectivity index (χ4v) is 14.2. The van der Waals surface area contributed by atoms with Gasteiger partial charge in [0.15, 0.2) is 12.2 Å². The number of carbonyl (C=O) groups excluding carboxylic acids is 4. The molecule has 0 aromatic carbocycles. The predicted octanol–water partition coefficient (Wildman–Crippen LogP) is 24.4. The molecule has 0 radical (unpaired) electrons. The van der Waals surface area contributed by atoms with Crippen LogP contribution in [-0.2, 0) is 65.4 Å². The first-order valence-electron chi connectivity index (χ1n) is 42.2. The maximum absolute atomic E-state index is 13.1. The van der Waals surface area contributed by atoms with Gasteiger partial charge >= 0.3 is 39.5 Å². The quantitative estimate of drug-likeness (QED) is 0.0222. The topological polar surface area (TPSA) is 237 Å². The summed E-state index contributed by atoms with van der Waals surface area (Å²) in [6, 6.07) is 0. The second kappa shape index (κ2) is 71.0. The zero-order valence-corrected chi connectivity index (χ0v) is 68.3. The fourth-order valence-electron chi connectivity index (χ4n) is 12.6. The van der Waals surface area contributed by atoms with Crippen LogP contribution in [0.25, 0.3) is 0 Å². The van der Waals surface area contributed by atoms with Crippen molar-refractivity contribution in [3.63, 3.8) is 0 Å². The molecule has 0 heterocycles. The van der Waals surface area contributed by atoms with E-state index in [-0.39, 0.29) is 25.7 Å². The van der Waals surface area contributed by atoms with Gasteiger partial charge in [0.2, 0.25) is 0 Å². The highest BCUT2D eigenvalue weighted by molar-refractivity contribution is 7.47. The molecule has 3 N–H and O–H groups in total. The van der Waals surface area contributed by atoms with Gasteiger partial charge < -0.3 is 33.8 Å². The van der Waals surface area contributed by atoms with E-state index in [4.69, 9.17) is 37.0 Å². The third kappa shape index (κ3) is 74.7. The van der Waals surface area contributed by atoms with Crippen LogP contribution < -0.4 is 0 Å². The second-order valence-electron chi connectivity index (χ2n) is 31.2. The van der Waals surface area contributed by atoms with Crippen LogP contribution in [0.1, 0.15) is 421 Å². The third-order valence-corrected chi connectivity index (χ3v) is 21.3. The van der Waals surface area contributed by atoms with Gasteiger partial charge in [-0.2, -0.15) is 0 Å². The van der Waals surface area contributed by atoms with Gasteiger partial charge in [0, 0.05) is 25.7 Å². The average molecular weight is 1480 g/mol. The first kappa shape index (κ1) is 99.1. The lowest BCUT2D eigenvalue weighted by Crippen LogP contribution is -2.30. The largest absolute Gasteiger partial charge is 0.472 e. The van der Waals surface area contributed by atoms with Crippen molar-refractivity contribution in [2.75, 3.05) is 39.6 Å². The summed E-state index contributed by atoms with van der Waals surface area (Å²) in [6.45, 7) is 14.3. The van der Waals surface area contributed by atoms with Crippen molar-refractivity contribution >= 4 is 39.5 Å². The summed E-state index contributed by atoms with van der Waals surface area (Å²) in [6.07, 6.45) is 58.3. The van der Waals surface area contributed by atoms with E-state index in [9.17, 15) is 43.2 Å². The number of rotatable bonds is 79. The number of esters is 4. The normalized spacial score (nSPS) is 14.3. The molecule has 0 saturated heterocycles. The van der Waals surface area contributed by atoms with Crippen LogP contribution >= 0.6 is 15.6 Å². The van der Waals surface area contributed by atoms with Crippen molar-refractivity contribution in [2.24, 2.45) is 23.7 Å². The monoisotopic (exact) mass is 1480 g/mol. The van der Waals surface area contributed by atoms with Gasteiger partial charge in [-0.15, -0.1) is 0 Å². The number of phosphoric acid groups is 2. The van der Waals surface area contributed by atoms with Gasteiger partial charge in [-0.1, -0.05) is 370 Å². The van der Waals surface area contributed by atoms with Crippen molar-refractivity contribution in [2.45, 2.75) is 440 Å². The van der Waals surface area contributed by atoms with Crippen molar-refractivity contribution in [1.82, 2.24) is 0 Å². The van der Waals surface area contributed by atoms with Gasteiger partial charge in [-0.05, 0) is 49.4 Å². The van der Waals surface area contributed by atoms with E-state index in [1.807, 2.05) is 0 Å². The predicted molar refractivity (Wildman–Crippen MR) is 414 cm³/mol. The molecule has 0 aliphatic carbocycles. The average Bonchev–Trinajstić information content (AvgIpc) is 0.923. The summed E-state index contributed by atoms with van der Waals surface area (Å²) < 4.78 is 68.7. The SMILES string of the molecule is CCC(C)CCCCCCCCCCCCCCCCC(=O)O[C@H](COC(=O)CCCCCCCCCCCCCCCCC(C)C)COP(=O)(O)OCC(O)COP(=O)(O)OC[C@@H](COC(=O)CCCCCCCCC(C)C)OC(=O)CCCCCCCCCCCCCCCCC(C)C. The maximum Gasteiger partial charge on any atom is 0.472 e. The second-order valence-corrected chi connectivity index (χ2v) is 34.1. The molecular formula is C82H160O17P2. The Morgan fingerprint density at radius 2 is 0.475 bits per heavy atom. The van der Waals surface area contributed by atoms with E-state index in [0.717, 1.165) is 114 Å². The van der Waals surface area contributed by atoms with Gasteiger partial charge in [0.1, 0.15) is 19.3 Å². The van der Waals surface area contributed by atoms with Crippen molar-refractivity contribution < 1.29 is 80.2 Å². The van der Waals surface area contributed by atoms with E-state index in [1.165, 1.54) is 218 Å². The number of phosphoric ester groups is 2. The van der Waals surface area contributed by atoms with E-state index < -0.39 is 97.5 Å². The van der Waals surface area contributed by atoms with Crippen LogP contribution in [0.4, 0.5) is 0 Å². The van der Waals surface area contributed by atoms with Crippen molar-refractivity contribution in [1.29, 1.82) is 0 Å². The Morgan fingerprint density at radius 3 is 0.703 bits per heavy atom. The first-order valence-corrected chi connectivity index (χ1v) is 45.2. The molecule has 4 unspecified atom stereocenters. The summed E-state index contributed by atoms with van der Waals surface area (Å²) >= 11 is 0. The number of carbonyl (C=O) groups is 4. The number of unbranched alkanes of at least 4 members (excludes halogenated alkanes) is 44. The molecule has 17 nitrogen and oxygen atoms in total. The number of ether oxygens (including phenoxy) is 4. The molecule has 0 amide bonds. The number of aliphatic hydroxyl groups is 1. The molecule has 600 valence electrons. The molecule has 0 spiro atoms. The van der Waals surface area contributed by atoms with Crippen LogP contribution in [0, 0.1) is 23.7 Å². The Bertz CT molecular complexity index is 1970. The van der Waals surface area contributed by atoms with Gasteiger partial charge in [0.05, 0.1) is 26.4 Å². The standard InChI is InChI=1S/C82H160O17P2/c1-9-75(8)61-53-45-36-30-24-18-12-15-21-27-33-39-49-57-64-81(86)98-77(68-92-79(84)62-54-46-37-31-25-19-13-10-16-22-28-34-42-50-58-72(2)3)70-96-100(88,89)94-66-76(83)67-95-101(90,91)97-71-78(69-93-80(85)63-55-47-41-40-44-52-60-74(6)7)99-82(87)65-56-48-38-32-26-20-14-11-17-23-29-35-43-51-59-73(4)5/h72-78,83H,9-71H2,1-8H3,(H,88,89)(H,90,91)/t75?,76?,77-,78-/m1/s1. The highest BCUT2D eigenvalue weighted by atomic mass is 31.2. The molecule has 0 saturated carbocycles. The molecule has 0 bridgehead atoms. The Kier molecular flexibility index (Phi) is 69.6. The molecule has 0 aromatic heterocycles. The highest BCUT2D eigenvalue weighted by Crippen LogP contribution is 2.45. The van der Waals surface area contributed by atoms with Crippen molar-refractivity contribution in [3.8, 4) is 0 Å². The maximum atomic E-state index is 13.1. The minimum absolute atomic E-state index is 0.106. The van der Waals surface area contributed by atoms with Gasteiger partial charge in [0.25, 0.3) is 0 Å². The lowest BCUT2D eigenvalue weighted by molar-refractivity contribution is -0.161. The van der Waals surface area contributed by atoms with Crippen LogP contribution in [0.2, 0.25) is 0 Å². The molecule has 0 fully saturated rings. The Morgan fingerprint density at radius 1 is 0.277 bits per heavy atom. The fraction of sp³-hybridized carbons (Fsp3) is 0.951. The molecular weight excluding hydrogens is 1320 g/mol. The first-order chi connectivity index (χ1) is 48.6. The summed E-state index contributed by atoms with van der Waals surface area (Å²) in [5, 5.41) is 10.6. The van der Waals surface area contributed by atoms with E-state index >= 15 is 0 Å². The molecule has 0 aliphatic heterocycles. The summed E-state index contributed by atoms with van der Waals surface area (Å²) in [7, 11) is -9.92. The lowest BCUT2D eigenvalue weighted by atomic mass is 9.99. The third-order valence-electron chi connectivity index (χ3n) is 19.4. The minimum Gasteiger partial charge on any atom is -0.462 e. The molecule has 0 aliphatic rings. The molecule has 0 aromatic rings. The van der Waals surface area contributed by atoms with Crippen LogP contribution in [0.3, 0.4) is 0 Å². The Balaban J connectivity index is 5.23. The van der Waals surface area contributed by atoms with Gasteiger partial charge in [-0.25, -0.2) is 9.13 Å². The van der Waals surface area contributed by atoms with Crippen molar-refractivity contribution in [3.05, 3.63) is 0 Å². The van der Waals surface area contributed by atoms with Gasteiger partial charge in [-0.3, -0.25) is 37.3 Å². The Labute approximate surface area is 619 Å². The molecule has 0 rings (SSSR count). The van der Waals surface area contributed by atoms with Crippen LogP contribution in [0.15, 0.2) is 0 Å². The van der Waals surface area contributed by atoms with Crippen LogP contribution in [0.5, 0.6) is 0 Å². The van der Waals surface area contributed by atoms with E-state index in [2.05, 4.69) is 55.4 Å². The summed E-state index contributed by atoms with van der Waals surface area (Å²) in [4.78, 5) is 73.0. The van der Waals surface area contributed by atoms with Crippen LogP contribution in [-0.4, -0.2) is 96.7 Å². The lowest BCUT2D eigenvalue weighted by Gasteiger charge is -2.21. The number of aliphatic hydroxyl groups excluding tert-OH is 1. The highest BCUT2D eigenvalue weighted by Gasteiger charge is 2.30. The Hall–Kier alpha value is -1.94. The minimum atomic E-state index is -4.96. The number of hydrogen-bond acceptors (Lipinski definition) is 15. The zero-order valence-electron chi connectivity index (χ0n) is 66.5. The smallest absolute Gasteiger partial charge is 0.462 e.